The van der Waals surface area contributed by atoms with Crippen LogP contribution >= 0.6 is 0 Å². The van der Waals surface area contributed by atoms with Crippen molar-refractivity contribution in [1.29, 1.82) is 0 Å². The van der Waals surface area contributed by atoms with E-state index >= 15 is 0 Å². The summed E-state index contributed by atoms with van der Waals surface area (Å²) in [4.78, 5) is 22.9. The zero-order chi connectivity index (χ0) is 26.4. The summed E-state index contributed by atoms with van der Waals surface area (Å²) in [7, 11) is 5.74. The van der Waals surface area contributed by atoms with Gasteiger partial charge in [-0.3, -0.25) is 4.79 Å². The summed E-state index contributed by atoms with van der Waals surface area (Å²) in [5.74, 6) is -1.61. The summed E-state index contributed by atoms with van der Waals surface area (Å²) < 4.78 is 5.82. The Bertz CT molecular complexity index is 754. The summed E-state index contributed by atoms with van der Waals surface area (Å²) in [5.41, 5.74) is 0. The maximum absolute atomic E-state index is 12.0. The van der Waals surface area contributed by atoms with Crippen LogP contribution in [0.4, 0.5) is 0 Å². The standard InChI is InChI=1S/C29H45NO5/c1-5-6-7-8-12-15-18-21-26(31)22-19-16-13-10-9-11-14-17-20-23-29(34)35-27(24-28(32)33)25-30(2,3)4/h6-7,9-10,12,14-19,21,26-27,31H,5,8,11,13,20,22-25H2,1-4H3/b7-6+,10-9+,15-12+,17-14+,19-16+,21-18+. The van der Waals surface area contributed by atoms with Crippen molar-refractivity contribution in [2.45, 2.75) is 70.5 Å². The van der Waals surface area contributed by atoms with Crippen molar-refractivity contribution < 1.29 is 29.0 Å². The number of carbonyl (C=O) groups excluding carboxylic acids is 2. The van der Waals surface area contributed by atoms with E-state index in [0.717, 1.165) is 25.7 Å². The zero-order valence-electron chi connectivity index (χ0n) is 22.0. The molecule has 2 atom stereocenters. The Kier molecular flexibility index (Phi) is 19.1. The predicted molar refractivity (Wildman–Crippen MR) is 141 cm³/mol. The largest absolute Gasteiger partial charge is 0.550 e. The van der Waals surface area contributed by atoms with Crippen LogP contribution in [-0.4, -0.2) is 61.4 Å². The minimum Gasteiger partial charge on any atom is -0.550 e. The minimum absolute atomic E-state index is 0.214. The average molecular weight is 488 g/mol. The molecule has 196 valence electrons. The number of ether oxygens (including phenoxy) is 1. The molecule has 6 heteroatoms. The van der Waals surface area contributed by atoms with Crippen LogP contribution in [-0.2, 0) is 14.3 Å². The Morgan fingerprint density at radius 2 is 1.49 bits per heavy atom. The van der Waals surface area contributed by atoms with Crippen molar-refractivity contribution >= 4 is 11.9 Å². The number of hydrogen-bond donors (Lipinski definition) is 1. The highest BCUT2D eigenvalue weighted by Crippen LogP contribution is 2.07. The molecule has 0 rings (SSSR count). The number of hydrogen-bond acceptors (Lipinski definition) is 5. The van der Waals surface area contributed by atoms with Gasteiger partial charge in [0.1, 0.15) is 6.54 Å². The number of aliphatic hydroxyl groups excluding tert-OH is 1. The Hall–Kier alpha value is -2.70. The molecule has 0 spiro atoms. The fraction of sp³-hybridized carbons (Fsp3) is 0.517. The molecule has 0 heterocycles. The highest BCUT2D eigenvalue weighted by molar-refractivity contribution is 5.71. The fourth-order valence-corrected chi connectivity index (χ4v) is 3.05. The lowest BCUT2D eigenvalue weighted by Gasteiger charge is -2.29. The summed E-state index contributed by atoms with van der Waals surface area (Å²) in [6.45, 7) is 2.52. The number of allylic oxidation sites excluding steroid dienone is 10. The summed E-state index contributed by atoms with van der Waals surface area (Å²) >= 11 is 0. The third-order valence-electron chi connectivity index (χ3n) is 4.64. The molecule has 0 aliphatic carbocycles. The monoisotopic (exact) mass is 487 g/mol. The molecule has 2 unspecified atom stereocenters. The van der Waals surface area contributed by atoms with E-state index in [9.17, 15) is 19.8 Å². The van der Waals surface area contributed by atoms with Gasteiger partial charge in [0.25, 0.3) is 0 Å². The maximum Gasteiger partial charge on any atom is 0.306 e. The number of aliphatic carboxylic acids is 1. The van der Waals surface area contributed by atoms with Gasteiger partial charge < -0.3 is 24.2 Å². The first-order valence-corrected chi connectivity index (χ1v) is 12.4. The van der Waals surface area contributed by atoms with Crippen LogP contribution in [0.3, 0.4) is 0 Å². The van der Waals surface area contributed by atoms with E-state index in [1.807, 2.05) is 63.7 Å². The van der Waals surface area contributed by atoms with Gasteiger partial charge in [-0.25, -0.2) is 0 Å². The maximum atomic E-state index is 12.0. The summed E-state index contributed by atoms with van der Waals surface area (Å²) in [5, 5.41) is 20.8. The van der Waals surface area contributed by atoms with Gasteiger partial charge in [0, 0.05) is 18.8 Å². The second-order valence-corrected chi connectivity index (χ2v) is 9.32. The first-order valence-electron chi connectivity index (χ1n) is 12.4. The first-order chi connectivity index (χ1) is 16.6. The highest BCUT2D eigenvalue weighted by atomic mass is 16.5. The molecule has 6 nitrogen and oxygen atoms in total. The lowest BCUT2D eigenvalue weighted by molar-refractivity contribution is -0.873. The number of carboxylic acid groups (broad SMARTS) is 1. The van der Waals surface area contributed by atoms with Crippen LogP contribution in [0.2, 0.25) is 0 Å². The van der Waals surface area contributed by atoms with E-state index in [2.05, 4.69) is 31.2 Å². The van der Waals surface area contributed by atoms with Crippen LogP contribution in [0.25, 0.3) is 0 Å². The van der Waals surface area contributed by atoms with Gasteiger partial charge in [0.15, 0.2) is 6.10 Å². The topological polar surface area (TPSA) is 86.7 Å². The molecule has 0 saturated heterocycles. The van der Waals surface area contributed by atoms with Gasteiger partial charge in [-0.15, -0.1) is 0 Å². The van der Waals surface area contributed by atoms with Gasteiger partial charge in [-0.2, -0.15) is 0 Å². The van der Waals surface area contributed by atoms with Gasteiger partial charge >= 0.3 is 5.97 Å². The molecule has 0 aliphatic heterocycles. The number of rotatable bonds is 19. The highest BCUT2D eigenvalue weighted by Gasteiger charge is 2.22. The Labute approximate surface area is 212 Å². The molecular formula is C29H45NO5. The molecule has 0 radical (unpaired) electrons. The lowest BCUT2D eigenvalue weighted by atomic mass is 10.2. The molecule has 0 fully saturated rings. The van der Waals surface area contributed by atoms with Gasteiger partial charge in [-0.05, 0) is 38.5 Å². The van der Waals surface area contributed by atoms with Crippen molar-refractivity contribution in [1.82, 2.24) is 0 Å². The number of likely N-dealkylation sites (N-methyl/N-ethyl adjacent to an activating group) is 1. The Morgan fingerprint density at radius 3 is 2.11 bits per heavy atom. The number of carbonyl (C=O) groups is 2. The second-order valence-electron chi connectivity index (χ2n) is 9.32. The third kappa shape index (κ3) is 24.2. The molecule has 0 saturated carbocycles. The van der Waals surface area contributed by atoms with Crippen molar-refractivity contribution in [2.24, 2.45) is 0 Å². The molecule has 0 bridgehead atoms. The molecule has 0 amide bonds. The minimum atomic E-state index is -1.22. The van der Waals surface area contributed by atoms with Crippen LogP contribution in [0.5, 0.6) is 0 Å². The number of nitrogens with zero attached hydrogens (tertiary/aromatic N) is 1. The van der Waals surface area contributed by atoms with Crippen LogP contribution < -0.4 is 5.11 Å². The first kappa shape index (κ1) is 32.3. The smallest absolute Gasteiger partial charge is 0.306 e. The van der Waals surface area contributed by atoms with E-state index in [1.54, 1.807) is 6.08 Å². The summed E-state index contributed by atoms with van der Waals surface area (Å²) in [6.07, 6.45) is 27.3. The van der Waals surface area contributed by atoms with E-state index in [-0.39, 0.29) is 12.8 Å². The number of aliphatic hydroxyl groups is 1. The van der Waals surface area contributed by atoms with E-state index < -0.39 is 24.1 Å². The van der Waals surface area contributed by atoms with E-state index in [4.69, 9.17) is 4.74 Å². The number of quaternary nitrogens is 1. The average Bonchev–Trinajstić information content (AvgIpc) is 2.75. The molecule has 0 aromatic heterocycles. The second kappa shape index (κ2) is 20.7. The van der Waals surface area contributed by atoms with Crippen LogP contribution in [0, 0.1) is 0 Å². The molecule has 1 N–H and O–H groups in total. The van der Waals surface area contributed by atoms with Crippen molar-refractivity contribution in [3.05, 3.63) is 72.9 Å². The van der Waals surface area contributed by atoms with Gasteiger partial charge in [0.05, 0.1) is 27.2 Å². The molecular weight excluding hydrogens is 442 g/mol. The SMILES string of the molecule is CC/C=C/C/C=C/C=C/C(O)C/C=C/C/C=C/C/C=C/CCC(=O)OC(CC(=O)[O-])C[N+](C)(C)C. The van der Waals surface area contributed by atoms with Crippen molar-refractivity contribution in [3.8, 4) is 0 Å². The summed E-state index contributed by atoms with van der Waals surface area (Å²) in [6, 6.07) is 0. The number of carboxylic acids is 1. The van der Waals surface area contributed by atoms with Crippen LogP contribution in [0.1, 0.15) is 58.3 Å². The third-order valence-corrected chi connectivity index (χ3v) is 4.64. The molecule has 0 aromatic carbocycles. The molecule has 35 heavy (non-hydrogen) atoms. The fourth-order valence-electron chi connectivity index (χ4n) is 3.05. The number of esters is 1. The quantitative estimate of drug-likeness (QED) is 0.128. The predicted octanol–water partition coefficient (Wildman–Crippen LogP) is 4.19. The Morgan fingerprint density at radius 1 is 0.886 bits per heavy atom. The van der Waals surface area contributed by atoms with Crippen molar-refractivity contribution in [3.63, 3.8) is 0 Å². The normalized spacial score (nSPS) is 14.9. The van der Waals surface area contributed by atoms with E-state index in [1.165, 1.54) is 0 Å². The van der Waals surface area contributed by atoms with E-state index in [0.29, 0.717) is 23.9 Å². The van der Waals surface area contributed by atoms with Gasteiger partial charge in [-0.1, -0.05) is 79.8 Å². The van der Waals surface area contributed by atoms with Crippen molar-refractivity contribution in [2.75, 3.05) is 27.7 Å². The molecule has 0 aliphatic rings. The Balaban J connectivity index is 4.01. The van der Waals surface area contributed by atoms with Gasteiger partial charge in [0.2, 0.25) is 0 Å². The zero-order valence-corrected chi connectivity index (χ0v) is 22.0. The molecule has 0 aromatic rings. The lowest BCUT2D eigenvalue weighted by Crippen LogP contribution is -2.45. The van der Waals surface area contributed by atoms with Crippen LogP contribution in [0.15, 0.2) is 72.9 Å².